The quantitative estimate of drug-likeness (QED) is 0.432. The molecule has 0 radical (unpaired) electrons. The van der Waals surface area contributed by atoms with Crippen molar-refractivity contribution in [2.45, 2.75) is 113 Å². The van der Waals surface area contributed by atoms with Gasteiger partial charge in [0.05, 0.1) is 0 Å². The summed E-state index contributed by atoms with van der Waals surface area (Å²) in [6.07, 6.45) is 9.01. The lowest BCUT2D eigenvalue weighted by atomic mass is 9.59. The van der Waals surface area contributed by atoms with Gasteiger partial charge in [-0.1, -0.05) is 99.4 Å². The fourth-order valence-electron chi connectivity index (χ4n) is 5.45. The molecule has 0 saturated heterocycles. The van der Waals surface area contributed by atoms with Crippen LogP contribution in [0.3, 0.4) is 0 Å². The molecule has 2 fully saturated rings. The Labute approximate surface area is 166 Å². The van der Waals surface area contributed by atoms with E-state index in [0.29, 0.717) is 0 Å². The zero-order valence-electron chi connectivity index (χ0n) is 19.4. The largest absolute Gasteiger partial charge is 0.0683 e. The molecule has 5 unspecified atom stereocenters. The van der Waals surface area contributed by atoms with Crippen molar-refractivity contribution < 1.29 is 0 Å². The smallest absolute Gasteiger partial charge is 0.0128 e. The number of rotatable bonds is 0. The summed E-state index contributed by atoms with van der Waals surface area (Å²) in [5.74, 6) is 4.86. The molecule has 1 aromatic carbocycles. The third kappa shape index (κ3) is 5.61. The van der Waals surface area contributed by atoms with Crippen LogP contribution in [0, 0.1) is 17.8 Å². The second-order valence-electron chi connectivity index (χ2n) is 6.97. The standard InChI is InChI=1S/C18H24.4C2H6/c1-12-11-18-15-8-4-5-13(15)9-10-17(18)16-7-3-2-6-14(12)16;4*1-2/h2-3,6-7,12-13,15,17-18H,4-5,8-11H2,1H3;4*1-2H3. The molecule has 4 rings (SSSR count). The molecule has 0 nitrogen and oxygen atoms in total. The molecule has 0 amide bonds. The van der Waals surface area contributed by atoms with Crippen LogP contribution in [0.1, 0.15) is 124 Å². The molecule has 0 spiro atoms. The topological polar surface area (TPSA) is 0 Å². The van der Waals surface area contributed by atoms with Crippen molar-refractivity contribution in [3.05, 3.63) is 35.4 Å². The Kier molecular flexibility index (Phi) is 13.9. The summed E-state index contributed by atoms with van der Waals surface area (Å²) in [5, 5.41) is 0. The average Bonchev–Trinajstić information content (AvgIpc) is 3.24. The van der Waals surface area contributed by atoms with Crippen molar-refractivity contribution in [1.82, 2.24) is 0 Å². The molecule has 0 heterocycles. The van der Waals surface area contributed by atoms with Gasteiger partial charge in [0.15, 0.2) is 0 Å². The van der Waals surface area contributed by atoms with Crippen LogP contribution in [0.2, 0.25) is 0 Å². The second-order valence-corrected chi connectivity index (χ2v) is 6.97. The fraction of sp³-hybridized carbons (Fsp3) is 0.769. The van der Waals surface area contributed by atoms with E-state index in [1.165, 1.54) is 38.5 Å². The maximum absolute atomic E-state index is 2.45. The highest BCUT2D eigenvalue weighted by Gasteiger charge is 2.45. The summed E-state index contributed by atoms with van der Waals surface area (Å²) in [5.41, 5.74) is 3.38. The molecular formula is C26H48. The molecule has 3 aliphatic rings. The number of benzene rings is 1. The summed E-state index contributed by atoms with van der Waals surface area (Å²) in [4.78, 5) is 0. The number of hydrogen-bond acceptors (Lipinski definition) is 0. The van der Waals surface area contributed by atoms with E-state index >= 15 is 0 Å². The summed E-state index contributed by atoms with van der Waals surface area (Å²) in [7, 11) is 0. The van der Waals surface area contributed by atoms with E-state index in [0.717, 1.165) is 29.6 Å². The van der Waals surface area contributed by atoms with Crippen LogP contribution in [0.15, 0.2) is 24.3 Å². The molecular weight excluding hydrogens is 312 g/mol. The SMILES string of the molecule is CC.CC.CC.CC.CC1CC2C(CCC3CCCC32)c2ccccc21. The van der Waals surface area contributed by atoms with Crippen LogP contribution >= 0.6 is 0 Å². The predicted octanol–water partition coefficient (Wildman–Crippen LogP) is 9.21. The summed E-state index contributed by atoms with van der Waals surface area (Å²) < 4.78 is 0. The minimum atomic E-state index is 0.793. The van der Waals surface area contributed by atoms with Gasteiger partial charge >= 0.3 is 0 Å². The van der Waals surface area contributed by atoms with Crippen LogP contribution in [0.5, 0.6) is 0 Å². The van der Waals surface area contributed by atoms with Crippen LogP contribution in [-0.2, 0) is 0 Å². The van der Waals surface area contributed by atoms with Gasteiger partial charge in [-0.2, -0.15) is 0 Å². The first-order chi connectivity index (χ1) is 12.8. The molecule has 5 atom stereocenters. The molecule has 0 N–H and O–H groups in total. The second kappa shape index (κ2) is 14.3. The lowest BCUT2D eigenvalue weighted by molar-refractivity contribution is 0.128. The molecule has 0 aliphatic heterocycles. The molecule has 1 aromatic rings. The highest BCUT2D eigenvalue weighted by molar-refractivity contribution is 5.37. The zero-order valence-corrected chi connectivity index (χ0v) is 19.4. The monoisotopic (exact) mass is 360 g/mol. The Morgan fingerprint density at radius 2 is 1.23 bits per heavy atom. The predicted molar refractivity (Wildman–Crippen MR) is 121 cm³/mol. The van der Waals surface area contributed by atoms with E-state index in [1.54, 1.807) is 11.1 Å². The molecule has 3 aliphatic carbocycles. The van der Waals surface area contributed by atoms with Gasteiger partial charge in [0.25, 0.3) is 0 Å². The van der Waals surface area contributed by atoms with Crippen molar-refractivity contribution in [1.29, 1.82) is 0 Å². The molecule has 0 heteroatoms. The van der Waals surface area contributed by atoms with Gasteiger partial charge in [-0.05, 0) is 66.4 Å². The van der Waals surface area contributed by atoms with E-state index in [9.17, 15) is 0 Å². The van der Waals surface area contributed by atoms with Gasteiger partial charge in [-0.15, -0.1) is 0 Å². The molecule has 2 saturated carbocycles. The first kappa shape index (κ1) is 25.2. The fourth-order valence-corrected chi connectivity index (χ4v) is 5.45. The lowest BCUT2D eigenvalue weighted by Crippen LogP contribution is -2.34. The third-order valence-electron chi connectivity index (χ3n) is 6.19. The van der Waals surface area contributed by atoms with Crippen molar-refractivity contribution in [3.8, 4) is 0 Å². The van der Waals surface area contributed by atoms with Gasteiger partial charge < -0.3 is 0 Å². The average molecular weight is 361 g/mol. The first-order valence-corrected chi connectivity index (χ1v) is 11.9. The van der Waals surface area contributed by atoms with Crippen LogP contribution < -0.4 is 0 Å². The van der Waals surface area contributed by atoms with E-state index in [1.807, 2.05) is 55.4 Å². The highest BCUT2D eigenvalue weighted by Crippen LogP contribution is 2.57. The van der Waals surface area contributed by atoms with Crippen LogP contribution in [-0.4, -0.2) is 0 Å². The normalized spacial score (nSPS) is 30.0. The van der Waals surface area contributed by atoms with Crippen molar-refractivity contribution in [2.24, 2.45) is 17.8 Å². The van der Waals surface area contributed by atoms with Gasteiger partial charge in [0, 0.05) is 0 Å². The first-order valence-electron chi connectivity index (χ1n) is 11.9. The van der Waals surface area contributed by atoms with Crippen molar-refractivity contribution in [3.63, 3.8) is 0 Å². The van der Waals surface area contributed by atoms with E-state index in [2.05, 4.69) is 31.2 Å². The Morgan fingerprint density at radius 1 is 0.654 bits per heavy atom. The highest BCUT2D eigenvalue weighted by atomic mass is 14.5. The number of hydrogen-bond donors (Lipinski definition) is 0. The van der Waals surface area contributed by atoms with Gasteiger partial charge in [-0.3, -0.25) is 0 Å². The minimum Gasteiger partial charge on any atom is -0.0683 e. The Morgan fingerprint density at radius 3 is 1.85 bits per heavy atom. The van der Waals surface area contributed by atoms with Gasteiger partial charge in [-0.25, -0.2) is 0 Å². The van der Waals surface area contributed by atoms with Crippen molar-refractivity contribution in [2.75, 3.05) is 0 Å². The third-order valence-corrected chi connectivity index (χ3v) is 6.19. The molecule has 0 aromatic heterocycles. The van der Waals surface area contributed by atoms with E-state index in [4.69, 9.17) is 0 Å². The Balaban J connectivity index is 0.000000698. The molecule has 26 heavy (non-hydrogen) atoms. The van der Waals surface area contributed by atoms with Gasteiger partial charge in [0.1, 0.15) is 0 Å². The molecule has 0 bridgehead atoms. The van der Waals surface area contributed by atoms with Crippen LogP contribution in [0.25, 0.3) is 0 Å². The maximum atomic E-state index is 2.45. The Bertz CT molecular complexity index is 447. The summed E-state index contributed by atoms with van der Waals surface area (Å²) in [6, 6.07) is 9.31. The minimum absolute atomic E-state index is 0.793. The van der Waals surface area contributed by atoms with E-state index in [-0.39, 0.29) is 0 Å². The van der Waals surface area contributed by atoms with Gasteiger partial charge in [0.2, 0.25) is 0 Å². The maximum Gasteiger partial charge on any atom is -0.0128 e. The van der Waals surface area contributed by atoms with E-state index < -0.39 is 0 Å². The number of fused-ring (bicyclic) bond motifs is 5. The molecule has 152 valence electrons. The summed E-state index contributed by atoms with van der Waals surface area (Å²) in [6.45, 7) is 18.5. The lowest BCUT2D eigenvalue weighted by Gasteiger charge is -2.46. The summed E-state index contributed by atoms with van der Waals surface area (Å²) >= 11 is 0. The van der Waals surface area contributed by atoms with Crippen molar-refractivity contribution >= 4 is 0 Å². The van der Waals surface area contributed by atoms with Crippen LogP contribution in [0.4, 0.5) is 0 Å². The zero-order chi connectivity index (χ0) is 20.1. The Hall–Kier alpha value is -0.780.